The van der Waals surface area contributed by atoms with E-state index < -0.39 is 0 Å². The average molecular weight is 607 g/mol. The fraction of sp³-hybridized carbons (Fsp3) is 0.400. The Balaban J connectivity index is 1.10. The lowest BCUT2D eigenvalue weighted by atomic mass is 9.89. The lowest BCUT2D eigenvalue weighted by molar-refractivity contribution is 0.0816. The molecule has 7 rings (SSSR count). The van der Waals surface area contributed by atoms with Gasteiger partial charge in [-0.3, -0.25) is 9.58 Å². The number of benzene rings is 2. The summed E-state index contributed by atoms with van der Waals surface area (Å²) in [4.78, 5) is 15.8. The van der Waals surface area contributed by atoms with E-state index >= 15 is 0 Å². The third kappa shape index (κ3) is 5.72. The van der Waals surface area contributed by atoms with E-state index in [1.165, 1.54) is 49.5 Å². The first-order valence-electron chi connectivity index (χ1n) is 16.0. The Kier molecular flexibility index (Phi) is 8.10. The number of aromatic nitrogens is 4. The van der Waals surface area contributed by atoms with E-state index in [9.17, 15) is 0 Å². The molecule has 1 aliphatic carbocycles. The van der Waals surface area contributed by atoms with Gasteiger partial charge in [0.1, 0.15) is 11.5 Å². The molecule has 8 nitrogen and oxygen atoms in total. The van der Waals surface area contributed by atoms with Crippen LogP contribution in [0.15, 0.2) is 60.8 Å². The Morgan fingerprint density at radius 1 is 0.864 bits per heavy atom. The molecule has 5 aromatic rings. The van der Waals surface area contributed by atoms with Crippen molar-refractivity contribution in [2.24, 2.45) is 0 Å². The van der Waals surface area contributed by atoms with Gasteiger partial charge in [-0.2, -0.15) is 5.10 Å². The van der Waals surface area contributed by atoms with Crippen molar-refractivity contribution in [2.75, 3.05) is 44.3 Å². The SMILES string of the molecule is CCc1sc(Nc2ccc(-c3nn(C4CCC(N5CCN(C)CC5)CC4)c4ccnc(N)c34)cc2)nc1-c1ccc(C)cc1. The number of aryl methyl sites for hydroxylation is 2. The number of pyridine rings is 1. The number of fused-ring (bicyclic) bond motifs is 1. The second-order valence-electron chi connectivity index (χ2n) is 12.4. The van der Waals surface area contributed by atoms with Gasteiger partial charge < -0.3 is 16.0 Å². The van der Waals surface area contributed by atoms with E-state index in [4.69, 9.17) is 15.8 Å². The number of nitrogens with zero attached hydrogens (tertiary/aromatic N) is 6. The molecule has 3 N–H and O–H groups in total. The number of piperazine rings is 1. The second kappa shape index (κ2) is 12.3. The van der Waals surface area contributed by atoms with E-state index in [0.717, 1.165) is 63.5 Å². The molecule has 2 aromatic carbocycles. The number of nitrogens with one attached hydrogen (secondary N) is 1. The van der Waals surface area contributed by atoms with Gasteiger partial charge in [0.25, 0.3) is 0 Å². The second-order valence-corrected chi connectivity index (χ2v) is 13.5. The minimum atomic E-state index is 0.373. The summed E-state index contributed by atoms with van der Waals surface area (Å²) in [7, 11) is 2.23. The normalized spacial score (nSPS) is 19.9. The number of hydrogen-bond acceptors (Lipinski definition) is 8. The summed E-state index contributed by atoms with van der Waals surface area (Å²) in [6.45, 7) is 9.01. The lowest BCUT2D eigenvalue weighted by Crippen LogP contribution is -2.49. The third-order valence-electron chi connectivity index (χ3n) is 9.47. The number of nitrogens with two attached hydrogens (primary N) is 1. The molecule has 4 heterocycles. The number of hydrogen-bond donors (Lipinski definition) is 2. The van der Waals surface area contributed by atoms with E-state index in [1.54, 1.807) is 11.3 Å². The Hall–Kier alpha value is -3.79. The molecule has 1 saturated carbocycles. The zero-order valence-electron chi connectivity index (χ0n) is 26.0. The largest absolute Gasteiger partial charge is 0.383 e. The zero-order valence-corrected chi connectivity index (χ0v) is 26.8. The number of nitrogen functional groups attached to an aromatic ring is 1. The van der Waals surface area contributed by atoms with Gasteiger partial charge in [0, 0.05) is 60.1 Å². The number of anilines is 3. The van der Waals surface area contributed by atoms with Crippen LogP contribution in [0.1, 0.15) is 49.1 Å². The summed E-state index contributed by atoms with van der Waals surface area (Å²) in [5.74, 6) is 0.538. The highest BCUT2D eigenvalue weighted by molar-refractivity contribution is 7.16. The van der Waals surface area contributed by atoms with Crippen LogP contribution in [0.25, 0.3) is 33.4 Å². The quantitative estimate of drug-likeness (QED) is 0.203. The molecule has 44 heavy (non-hydrogen) atoms. The van der Waals surface area contributed by atoms with Gasteiger partial charge in [0.15, 0.2) is 5.13 Å². The van der Waals surface area contributed by atoms with Gasteiger partial charge in [-0.25, -0.2) is 9.97 Å². The summed E-state index contributed by atoms with van der Waals surface area (Å²) in [5.41, 5.74) is 14.0. The summed E-state index contributed by atoms with van der Waals surface area (Å²) in [5, 5.41) is 10.6. The fourth-order valence-electron chi connectivity index (χ4n) is 6.86. The van der Waals surface area contributed by atoms with Gasteiger partial charge in [0.2, 0.25) is 0 Å². The summed E-state index contributed by atoms with van der Waals surface area (Å²) in [6.07, 6.45) is 7.46. The first-order valence-corrected chi connectivity index (χ1v) is 16.8. The molecule has 9 heteroatoms. The fourth-order valence-corrected chi connectivity index (χ4v) is 7.81. The zero-order chi connectivity index (χ0) is 30.2. The van der Waals surface area contributed by atoms with E-state index in [2.05, 4.69) is 100 Å². The third-order valence-corrected chi connectivity index (χ3v) is 10.6. The highest BCUT2D eigenvalue weighted by atomic mass is 32.1. The molecule has 2 fully saturated rings. The molecule has 0 bridgehead atoms. The summed E-state index contributed by atoms with van der Waals surface area (Å²) >= 11 is 1.72. The average Bonchev–Trinajstić information content (AvgIpc) is 3.65. The van der Waals surface area contributed by atoms with Crippen molar-refractivity contribution in [2.45, 2.75) is 58.0 Å². The molecule has 0 spiro atoms. The van der Waals surface area contributed by atoms with Gasteiger partial charge in [-0.15, -0.1) is 11.3 Å². The van der Waals surface area contributed by atoms with Crippen molar-refractivity contribution in [3.05, 3.63) is 71.2 Å². The molecule has 2 aliphatic rings. The smallest absolute Gasteiger partial charge is 0.187 e. The maximum absolute atomic E-state index is 6.49. The van der Waals surface area contributed by atoms with E-state index in [0.29, 0.717) is 17.9 Å². The van der Waals surface area contributed by atoms with Crippen molar-refractivity contribution < 1.29 is 0 Å². The van der Waals surface area contributed by atoms with Crippen LogP contribution < -0.4 is 11.1 Å². The minimum Gasteiger partial charge on any atom is -0.383 e. The topological polar surface area (TPSA) is 88.1 Å². The monoisotopic (exact) mass is 606 g/mol. The summed E-state index contributed by atoms with van der Waals surface area (Å²) in [6, 6.07) is 20.2. The molecular formula is C35H42N8S. The number of thiazole rings is 1. The van der Waals surface area contributed by atoms with Crippen molar-refractivity contribution in [1.82, 2.24) is 29.5 Å². The Morgan fingerprint density at radius 2 is 1.52 bits per heavy atom. The maximum atomic E-state index is 6.49. The Morgan fingerprint density at radius 3 is 2.23 bits per heavy atom. The standard InChI is InChI=1S/C35H42N8S/c1-4-30-32(24-7-5-23(2)6-8-24)39-35(44-30)38-26-11-9-25(10-12-26)33-31-29(17-18-37-34(31)36)43(40-33)28-15-13-27(14-16-28)42-21-19-41(3)20-22-42/h5-12,17-18,27-28H,4,13-16,19-22H2,1-3H3,(H2,36,37)(H,38,39). The molecule has 0 amide bonds. The lowest BCUT2D eigenvalue weighted by Gasteiger charge is -2.41. The molecule has 1 saturated heterocycles. The van der Waals surface area contributed by atoms with Crippen molar-refractivity contribution >= 4 is 38.9 Å². The molecule has 0 unspecified atom stereocenters. The molecule has 1 aliphatic heterocycles. The molecule has 0 radical (unpaired) electrons. The molecule has 3 aromatic heterocycles. The van der Waals surface area contributed by atoms with Crippen LogP contribution >= 0.6 is 11.3 Å². The van der Waals surface area contributed by atoms with Crippen molar-refractivity contribution in [3.8, 4) is 22.5 Å². The first kappa shape index (κ1) is 29.0. The predicted molar refractivity (Wildman–Crippen MR) is 183 cm³/mol. The van der Waals surface area contributed by atoms with E-state index in [-0.39, 0.29) is 0 Å². The highest BCUT2D eigenvalue weighted by Gasteiger charge is 2.30. The minimum absolute atomic E-state index is 0.373. The first-order chi connectivity index (χ1) is 21.5. The Labute approximate surface area is 263 Å². The van der Waals surface area contributed by atoms with Crippen LogP contribution in [0.2, 0.25) is 0 Å². The van der Waals surface area contributed by atoms with Gasteiger partial charge in [-0.1, -0.05) is 48.9 Å². The van der Waals surface area contributed by atoms with Crippen LogP contribution in [0.3, 0.4) is 0 Å². The number of likely N-dealkylation sites (N-methyl/N-ethyl adjacent to an activating group) is 1. The molecule has 228 valence electrons. The van der Waals surface area contributed by atoms with Crippen molar-refractivity contribution in [3.63, 3.8) is 0 Å². The predicted octanol–water partition coefficient (Wildman–Crippen LogP) is 7.15. The van der Waals surface area contributed by atoms with Crippen LogP contribution in [-0.2, 0) is 6.42 Å². The van der Waals surface area contributed by atoms with Crippen LogP contribution in [0.5, 0.6) is 0 Å². The van der Waals surface area contributed by atoms with Crippen LogP contribution in [0, 0.1) is 6.92 Å². The summed E-state index contributed by atoms with van der Waals surface area (Å²) < 4.78 is 2.24. The Bertz CT molecular complexity index is 1720. The van der Waals surface area contributed by atoms with Gasteiger partial charge in [0.05, 0.1) is 22.6 Å². The molecular weight excluding hydrogens is 565 g/mol. The van der Waals surface area contributed by atoms with Crippen molar-refractivity contribution in [1.29, 1.82) is 0 Å². The highest BCUT2D eigenvalue weighted by Crippen LogP contribution is 2.39. The van der Waals surface area contributed by atoms with Crippen LogP contribution in [-0.4, -0.2) is 68.8 Å². The van der Waals surface area contributed by atoms with Gasteiger partial charge >= 0.3 is 0 Å². The number of rotatable bonds is 7. The van der Waals surface area contributed by atoms with E-state index in [1.807, 2.05) is 6.20 Å². The molecule has 0 atom stereocenters. The van der Waals surface area contributed by atoms with Gasteiger partial charge in [-0.05, 0) is 64.3 Å². The maximum Gasteiger partial charge on any atom is 0.187 e. The van der Waals surface area contributed by atoms with Crippen LogP contribution in [0.4, 0.5) is 16.6 Å².